The molecule has 7 heteroatoms. The summed E-state index contributed by atoms with van der Waals surface area (Å²) in [5, 5.41) is 13.0. The van der Waals surface area contributed by atoms with Gasteiger partial charge in [0.25, 0.3) is 0 Å². The molecular weight excluding hydrogens is 419 g/mol. The molecule has 0 atom stereocenters. The van der Waals surface area contributed by atoms with E-state index in [0.717, 1.165) is 31.2 Å². The molecule has 174 valence electrons. The van der Waals surface area contributed by atoms with Gasteiger partial charge in [-0.3, -0.25) is 4.79 Å². The fourth-order valence-electron chi connectivity index (χ4n) is 4.83. The molecule has 0 radical (unpaired) electrons. The van der Waals surface area contributed by atoms with Crippen LogP contribution in [0.5, 0.6) is 5.75 Å². The van der Waals surface area contributed by atoms with Crippen molar-refractivity contribution in [2.45, 2.75) is 70.2 Å². The summed E-state index contributed by atoms with van der Waals surface area (Å²) in [6.07, 6.45) is 0.624. The van der Waals surface area contributed by atoms with Gasteiger partial charge in [-0.1, -0.05) is 31.2 Å². The Hall–Kier alpha value is -2.28. The van der Waals surface area contributed by atoms with E-state index >= 15 is 0 Å². The van der Waals surface area contributed by atoms with Crippen LogP contribution in [0.3, 0.4) is 0 Å². The molecular formula is C25H30F3NO3. The lowest BCUT2D eigenvalue weighted by molar-refractivity contribution is -0.145. The first-order valence-electron chi connectivity index (χ1n) is 11.5. The average molecular weight is 450 g/mol. The van der Waals surface area contributed by atoms with Crippen LogP contribution in [0.15, 0.2) is 30.3 Å². The molecule has 4 rings (SSSR count). The summed E-state index contributed by atoms with van der Waals surface area (Å²) in [5.41, 5.74) is 0.125. The highest BCUT2D eigenvalue weighted by Gasteiger charge is 2.37. The number of benzene rings is 2. The molecule has 0 bridgehead atoms. The van der Waals surface area contributed by atoms with Crippen molar-refractivity contribution in [3.63, 3.8) is 0 Å². The highest BCUT2D eigenvalue weighted by atomic mass is 19.4. The summed E-state index contributed by atoms with van der Waals surface area (Å²) in [6, 6.07) is 8.54. The Morgan fingerprint density at radius 3 is 2.47 bits per heavy atom. The van der Waals surface area contributed by atoms with Gasteiger partial charge in [-0.25, -0.2) is 0 Å². The molecule has 0 aromatic heterocycles. The van der Waals surface area contributed by atoms with Gasteiger partial charge in [-0.2, -0.15) is 13.2 Å². The van der Waals surface area contributed by atoms with E-state index in [2.05, 4.69) is 12.2 Å². The molecule has 4 nitrogen and oxygen atoms in total. The second-order valence-corrected chi connectivity index (χ2v) is 9.40. The summed E-state index contributed by atoms with van der Waals surface area (Å²) < 4.78 is 48.2. The number of fused-ring (bicyclic) bond motifs is 1. The minimum atomic E-state index is -4.51. The van der Waals surface area contributed by atoms with E-state index in [1.165, 1.54) is 6.07 Å². The molecule has 0 unspecified atom stereocenters. The van der Waals surface area contributed by atoms with E-state index in [1.54, 1.807) is 18.2 Å². The van der Waals surface area contributed by atoms with Gasteiger partial charge in [-0.15, -0.1) is 0 Å². The zero-order valence-electron chi connectivity index (χ0n) is 18.3. The summed E-state index contributed by atoms with van der Waals surface area (Å²) in [4.78, 5) is 10.9. The molecule has 0 saturated heterocycles. The first-order valence-corrected chi connectivity index (χ1v) is 11.5. The number of hydrogen-bond donors (Lipinski definition) is 2. The average Bonchev–Trinajstić information content (AvgIpc) is 2.69. The van der Waals surface area contributed by atoms with Gasteiger partial charge >= 0.3 is 12.1 Å². The number of ether oxygens (including phenoxy) is 1. The lowest BCUT2D eigenvalue weighted by atomic mass is 9.80. The summed E-state index contributed by atoms with van der Waals surface area (Å²) in [7, 11) is 0. The minimum Gasteiger partial charge on any atom is -0.490 e. The minimum absolute atomic E-state index is 0.0750. The Labute approximate surface area is 186 Å². The van der Waals surface area contributed by atoms with E-state index in [4.69, 9.17) is 9.84 Å². The predicted molar refractivity (Wildman–Crippen MR) is 117 cm³/mol. The van der Waals surface area contributed by atoms with Crippen LogP contribution in [0.4, 0.5) is 13.2 Å². The first-order chi connectivity index (χ1) is 15.2. The summed E-state index contributed by atoms with van der Waals surface area (Å²) in [5.74, 6) is -0.528. The standard InChI is InChI=1S/C25H30F3NO3/c1-15-2-7-20(8-3-15)32-22-9-6-17-5-4-16(12-21(17)23(22)25(26,27)28)10-11-29-19-13-18(14-19)24(30)31/h4-6,9,12,15,18-20,29H,2-3,7-8,10-11,13-14H2,1H3,(H,30,31)/t15-,18-,19-,20+. The second-order valence-electron chi connectivity index (χ2n) is 9.40. The molecule has 2 fully saturated rings. The van der Waals surface area contributed by atoms with Crippen molar-refractivity contribution < 1.29 is 27.8 Å². The third-order valence-electron chi connectivity index (χ3n) is 6.92. The molecule has 2 N–H and O–H groups in total. The van der Waals surface area contributed by atoms with E-state index in [9.17, 15) is 18.0 Å². The number of carboxylic acid groups (broad SMARTS) is 1. The van der Waals surface area contributed by atoms with Crippen molar-refractivity contribution in [2.24, 2.45) is 11.8 Å². The highest BCUT2D eigenvalue weighted by Crippen LogP contribution is 2.43. The molecule has 0 heterocycles. The number of nitrogens with one attached hydrogen (secondary N) is 1. The maximum absolute atomic E-state index is 14.1. The van der Waals surface area contributed by atoms with Crippen molar-refractivity contribution in [3.05, 3.63) is 41.5 Å². The molecule has 32 heavy (non-hydrogen) atoms. The maximum atomic E-state index is 14.1. The third kappa shape index (κ3) is 5.20. The molecule has 0 amide bonds. The van der Waals surface area contributed by atoms with Crippen LogP contribution in [-0.4, -0.2) is 29.8 Å². The molecule has 0 aliphatic heterocycles. The van der Waals surface area contributed by atoms with Crippen LogP contribution in [0, 0.1) is 11.8 Å². The maximum Gasteiger partial charge on any atom is 0.420 e. The monoisotopic (exact) mass is 449 g/mol. The van der Waals surface area contributed by atoms with Crippen LogP contribution in [0.25, 0.3) is 10.8 Å². The topological polar surface area (TPSA) is 58.6 Å². The van der Waals surface area contributed by atoms with Crippen molar-refractivity contribution in [2.75, 3.05) is 6.54 Å². The van der Waals surface area contributed by atoms with E-state index in [0.29, 0.717) is 37.1 Å². The van der Waals surface area contributed by atoms with E-state index in [-0.39, 0.29) is 29.2 Å². The number of halogens is 3. The van der Waals surface area contributed by atoms with Crippen molar-refractivity contribution in [1.82, 2.24) is 5.32 Å². The molecule has 2 aromatic rings. The Balaban J connectivity index is 1.49. The lowest BCUT2D eigenvalue weighted by Gasteiger charge is -2.33. The Kier molecular flexibility index (Phi) is 6.65. The van der Waals surface area contributed by atoms with Crippen LogP contribution >= 0.6 is 0 Å². The Morgan fingerprint density at radius 1 is 1.12 bits per heavy atom. The van der Waals surface area contributed by atoms with Gasteiger partial charge in [0.2, 0.25) is 0 Å². The predicted octanol–water partition coefficient (Wildman–Crippen LogP) is 5.81. The number of hydrogen-bond acceptors (Lipinski definition) is 3. The number of alkyl halides is 3. The van der Waals surface area contributed by atoms with Crippen LogP contribution in [0.1, 0.15) is 56.6 Å². The van der Waals surface area contributed by atoms with Gasteiger partial charge in [-0.05, 0) is 79.8 Å². The quantitative estimate of drug-likeness (QED) is 0.560. The van der Waals surface area contributed by atoms with Gasteiger partial charge in [0, 0.05) is 6.04 Å². The highest BCUT2D eigenvalue weighted by molar-refractivity contribution is 5.89. The van der Waals surface area contributed by atoms with Crippen molar-refractivity contribution >= 4 is 16.7 Å². The molecule has 0 spiro atoms. The zero-order valence-corrected chi connectivity index (χ0v) is 18.3. The normalized spacial score (nSPS) is 26.0. The van der Waals surface area contributed by atoms with Crippen molar-refractivity contribution in [1.29, 1.82) is 0 Å². The fraction of sp³-hybridized carbons (Fsp3) is 0.560. The first kappa shape index (κ1) is 22.9. The summed E-state index contributed by atoms with van der Waals surface area (Å²) in [6.45, 7) is 2.76. The number of aliphatic carboxylic acids is 1. The third-order valence-corrected chi connectivity index (χ3v) is 6.92. The Morgan fingerprint density at radius 2 is 1.81 bits per heavy atom. The van der Waals surface area contributed by atoms with Crippen molar-refractivity contribution in [3.8, 4) is 5.75 Å². The van der Waals surface area contributed by atoms with Crippen LogP contribution in [-0.2, 0) is 17.4 Å². The van der Waals surface area contributed by atoms with Crippen LogP contribution < -0.4 is 10.1 Å². The zero-order chi connectivity index (χ0) is 22.9. The number of carboxylic acids is 1. The Bertz CT molecular complexity index is 961. The summed E-state index contributed by atoms with van der Waals surface area (Å²) >= 11 is 0. The van der Waals surface area contributed by atoms with E-state index < -0.39 is 17.7 Å². The van der Waals surface area contributed by atoms with Gasteiger partial charge in [0.05, 0.1) is 12.0 Å². The van der Waals surface area contributed by atoms with Gasteiger partial charge < -0.3 is 15.2 Å². The molecule has 2 aliphatic carbocycles. The van der Waals surface area contributed by atoms with E-state index in [1.807, 2.05) is 6.07 Å². The largest absolute Gasteiger partial charge is 0.490 e. The molecule has 2 aliphatic rings. The molecule has 2 aromatic carbocycles. The van der Waals surface area contributed by atoms with Gasteiger partial charge in [0.1, 0.15) is 11.3 Å². The van der Waals surface area contributed by atoms with Crippen LogP contribution in [0.2, 0.25) is 0 Å². The molecule has 2 saturated carbocycles. The second kappa shape index (κ2) is 9.30. The van der Waals surface area contributed by atoms with Gasteiger partial charge in [0.15, 0.2) is 0 Å². The smallest absolute Gasteiger partial charge is 0.420 e. The fourth-order valence-corrected chi connectivity index (χ4v) is 4.83. The number of rotatable bonds is 7. The number of carbonyl (C=O) groups is 1. The SMILES string of the molecule is C[C@H]1CC[C@@H](Oc2ccc3ccc(CCN[C@H]4C[C@H](C(=O)O)C4)cc3c2C(F)(F)F)CC1. The lowest BCUT2D eigenvalue weighted by Crippen LogP contribution is -2.44.